The lowest BCUT2D eigenvalue weighted by molar-refractivity contribution is -0.0533. The Hall–Kier alpha value is -1.25. The molecular weight excluding hydrogens is 304 g/mol. The van der Waals surface area contributed by atoms with Crippen LogP contribution in [-0.2, 0) is 9.84 Å². The van der Waals surface area contributed by atoms with E-state index in [0.717, 1.165) is 0 Å². The number of alkyl halides is 2. The van der Waals surface area contributed by atoms with E-state index in [1.165, 1.54) is 18.2 Å². The fourth-order valence-corrected chi connectivity index (χ4v) is 4.83. The van der Waals surface area contributed by atoms with Crippen LogP contribution in [0.3, 0.4) is 0 Å². The number of benzene rings is 1. The Morgan fingerprint density at radius 3 is 2.57 bits per heavy atom. The molecule has 118 valence electrons. The summed E-state index contributed by atoms with van der Waals surface area (Å²) in [6.07, 6.45) is -1.09. The number of rotatable bonds is 5. The van der Waals surface area contributed by atoms with E-state index in [1.54, 1.807) is 6.07 Å². The highest BCUT2D eigenvalue weighted by Crippen LogP contribution is 2.45. The van der Waals surface area contributed by atoms with Crippen molar-refractivity contribution in [1.29, 1.82) is 0 Å². The highest BCUT2D eigenvalue weighted by atomic mass is 32.2. The van der Waals surface area contributed by atoms with E-state index in [1.807, 2.05) is 0 Å². The summed E-state index contributed by atoms with van der Waals surface area (Å²) in [5, 5.41) is 10.5. The molecule has 1 aliphatic heterocycles. The van der Waals surface area contributed by atoms with E-state index in [-0.39, 0.29) is 35.8 Å². The molecule has 2 atom stereocenters. The second-order valence-corrected chi connectivity index (χ2v) is 7.41. The summed E-state index contributed by atoms with van der Waals surface area (Å²) in [6.45, 7) is -3.09. The van der Waals surface area contributed by atoms with E-state index in [2.05, 4.69) is 4.74 Å². The van der Waals surface area contributed by atoms with Gasteiger partial charge in [-0.3, -0.25) is 0 Å². The van der Waals surface area contributed by atoms with E-state index >= 15 is 0 Å². The van der Waals surface area contributed by atoms with E-state index < -0.39 is 28.0 Å². The number of sulfone groups is 1. The minimum absolute atomic E-state index is 0.0591. The maximum absolute atomic E-state index is 12.4. The summed E-state index contributed by atoms with van der Waals surface area (Å²) in [5.41, 5.74) is 4.72. The topological polar surface area (TPSA) is 89.6 Å². The molecule has 5 nitrogen and oxygen atoms in total. The minimum Gasteiger partial charge on any atom is -0.434 e. The van der Waals surface area contributed by atoms with Crippen molar-refractivity contribution in [3.8, 4) is 5.75 Å². The number of hydrogen-bond donors (Lipinski definition) is 2. The Morgan fingerprint density at radius 1 is 1.38 bits per heavy atom. The van der Waals surface area contributed by atoms with Gasteiger partial charge < -0.3 is 15.6 Å². The summed E-state index contributed by atoms with van der Waals surface area (Å²) < 4.78 is 52.6. The van der Waals surface area contributed by atoms with Crippen LogP contribution in [0.2, 0.25) is 0 Å². The van der Waals surface area contributed by atoms with Crippen molar-refractivity contribution in [1.82, 2.24) is 0 Å². The van der Waals surface area contributed by atoms with Gasteiger partial charge in [0.05, 0.1) is 17.6 Å². The van der Waals surface area contributed by atoms with Gasteiger partial charge in [0, 0.05) is 17.5 Å². The Morgan fingerprint density at radius 2 is 2.05 bits per heavy atom. The predicted octanol–water partition coefficient (Wildman–Crippen LogP) is 1.08. The van der Waals surface area contributed by atoms with Crippen LogP contribution in [0.1, 0.15) is 18.1 Å². The molecule has 1 aliphatic rings. The lowest BCUT2D eigenvalue weighted by atomic mass is 9.78. The van der Waals surface area contributed by atoms with Crippen molar-refractivity contribution in [3.63, 3.8) is 0 Å². The summed E-state index contributed by atoms with van der Waals surface area (Å²) in [6, 6.07) is 5.79. The first-order valence-corrected chi connectivity index (χ1v) is 8.24. The highest BCUT2D eigenvalue weighted by molar-refractivity contribution is 7.91. The Labute approximate surface area is 121 Å². The van der Waals surface area contributed by atoms with Crippen molar-refractivity contribution in [2.24, 2.45) is 11.1 Å². The second-order valence-electron chi connectivity index (χ2n) is 5.23. The molecule has 2 unspecified atom stereocenters. The predicted molar refractivity (Wildman–Crippen MR) is 72.8 cm³/mol. The van der Waals surface area contributed by atoms with Gasteiger partial charge in [0.1, 0.15) is 5.75 Å². The zero-order valence-corrected chi connectivity index (χ0v) is 12.0. The maximum Gasteiger partial charge on any atom is 0.387 e. The van der Waals surface area contributed by atoms with Gasteiger partial charge in [0.25, 0.3) is 0 Å². The smallest absolute Gasteiger partial charge is 0.387 e. The van der Waals surface area contributed by atoms with Crippen molar-refractivity contribution in [2.75, 3.05) is 18.1 Å². The molecule has 0 bridgehead atoms. The number of ether oxygens (including phenoxy) is 1. The third kappa shape index (κ3) is 3.33. The third-order valence-electron chi connectivity index (χ3n) is 3.83. The van der Waals surface area contributed by atoms with Gasteiger partial charge in [-0.25, -0.2) is 8.42 Å². The number of hydrogen-bond acceptors (Lipinski definition) is 5. The first-order chi connectivity index (χ1) is 9.80. The first-order valence-electron chi connectivity index (χ1n) is 6.42. The molecule has 0 spiro atoms. The number of aliphatic hydroxyl groups excluding tert-OH is 1. The molecule has 0 saturated carbocycles. The minimum atomic E-state index is -3.28. The van der Waals surface area contributed by atoms with Crippen molar-refractivity contribution in [2.45, 2.75) is 19.1 Å². The SMILES string of the molecule is NCC1(C(O)c2ccccc2OC(F)F)CCS(=O)(=O)C1. The quantitative estimate of drug-likeness (QED) is 0.847. The summed E-state index contributed by atoms with van der Waals surface area (Å²) in [5.74, 6) is -0.503. The van der Waals surface area contributed by atoms with Crippen LogP contribution in [0, 0.1) is 5.41 Å². The zero-order valence-electron chi connectivity index (χ0n) is 11.2. The lowest BCUT2D eigenvalue weighted by Gasteiger charge is -2.32. The van der Waals surface area contributed by atoms with Crippen molar-refractivity contribution < 1.29 is 27.0 Å². The van der Waals surface area contributed by atoms with Gasteiger partial charge in [0.15, 0.2) is 9.84 Å². The molecule has 3 N–H and O–H groups in total. The lowest BCUT2D eigenvalue weighted by Crippen LogP contribution is -2.38. The van der Waals surface area contributed by atoms with Crippen LogP contribution < -0.4 is 10.5 Å². The third-order valence-corrected chi connectivity index (χ3v) is 5.68. The molecule has 0 aliphatic carbocycles. The fourth-order valence-electron chi connectivity index (χ4n) is 2.67. The monoisotopic (exact) mass is 321 g/mol. The average molecular weight is 321 g/mol. The van der Waals surface area contributed by atoms with Gasteiger partial charge in [0.2, 0.25) is 0 Å². The molecule has 0 radical (unpaired) electrons. The van der Waals surface area contributed by atoms with E-state index in [9.17, 15) is 22.3 Å². The van der Waals surface area contributed by atoms with Crippen LogP contribution >= 0.6 is 0 Å². The average Bonchev–Trinajstić information content (AvgIpc) is 2.75. The van der Waals surface area contributed by atoms with Gasteiger partial charge in [-0.1, -0.05) is 18.2 Å². The Bertz CT molecular complexity index is 608. The maximum atomic E-state index is 12.4. The van der Waals surface area contributed by atoms with E-state index in [0.29, 0.717) is 0 Å². The molecule has 1 saturated heterocycles. The van der Waals surface area contributed by atoms with Crippen molar-refractivity contribution in [3.05, 3.63) is 29.8 Å². The molecule has 1 fully saturated rings. The largest absolute Gasteiger partial charge is 0.434 e. The summed E-state index contributed by atoms with van der Waals surface area (Å²) in [7, 11) is -3.28. The molecule has 8 heteroatoms. The summed E-state index contributed by atoms with van der Waals surface area (Å²) >= 11 is 0. The molecule has 21 heavy (non-hydrogen) atoms. The van der Waals surface area contributed by atoms with E-state index in [4.69, 9.17) is 5.73 Å². The normalized spacial score (nSPS) is 26.0. The molecule has 2 rings (SSSR count). The van der Waals surface area contributed by atoms with Crippen LogP contribution in [0.15, 0.2) is 24.3 Å². The van der Waals surface area contributed by atoms with Gasteiger partial charge >= 0.3 is 6.61 Å². The first kappa shape index (κ1) is 16.1. The second kappa shape index (κ2) is 5.86. The number of nitrogens with two attached hydrogens (primary N) is 1. The molecule has 1 heterocycles. The highest BCUT2D eigenvalue weighted by Gasteiger charge is 2.47. The fraction of sp³-hybridized carbons (Fsp3) is 0.538. The summed E-state index contributed by atoms with van der Waals surface area (Å²) in [4.78, 5) is 0. The number of para-hydroxylation sites is 1. The van der Waals surface area contributed by atoms with Crippen LogP contribution in [0.25, 0.3) is 0 Å². The molecule has 1 aromatic rings. The zero-order chi connectivity index (χ0) is 15.7. The van der Waals surface area contributed by atoms with Crippen LogP contribution in [0.5, 0.6) is 5.75 Å². The standard InChI is InChI=1S/C13H17F2NO4S/c14-12(15)20-10-4-2-1-3-9(10)11(17)13(7-16)5-6-21(18,19)8-13/h1-4,11-12,17H,5-8,16H2. The van der Waals surface area contributed by atoms with Crippen LogP contribution in [0.4, 0.5) is 8.78 Å². The van der Waals surface area contributed by atoms with Gasteiger partial charge in [-0.15, -0.1) is 0 Å². The molecular formula is C13H17F2NO4S. The Balaban J connectivity index is 2.37. The number of aliphatic hydroxyl groups is 1. The number of halogens is 2. The van der Waals surface area contributed by atoms with Crippen molar-refractivity contribution >= 4 is 9.84 Å². The Kier molecular flexibility index (Phi) is 4.50. The van der Waals surface area contributed by atoms with Gasteiger partial charge in [-0.2, -0.15) is 8.78 Å². The van der Waals surface area contributed by atoms with Crippen LogP contribution in [-0.4, -0.2) is 38.2 Å². The molecule has 0 amide bonds. The van der Waals surface area contributed by atoms with Gasteiger partial charge in [-0.05, 0) is 12.5 Å². The molecule has 1 aromatic carbocycles. The molecule has 0 aromatic heterocycles.